The van der Waals surface area contributed by atoms with Gasteiger partial charge in [-0.1, -0.05) is 29.8 Å². The number of fused-ring (bicyclic) bond motifs is 1. The standard InChI is InChI=1S/C22H19ClN2O3S/c23-18-9-13-20(14-10-18)29(27,28)24-19-11-7-17(8-12-19)22(26)25-15-3-5-16-4-1-2-6-21(16)25/h1-2,4,6-14,24H,3,5,15H2. The van der Waals surface area contributed by atoms with Crippen LogP contribution in [-0.4, -0.2) is 20.9 Å². The zero-order valence-electron chi connectivity index (χ0n) is 15.5. The number of amides is 1. The minimum Gasteiger partial charge on any atom is -0.308 e. The van der Waals surface area contributed by atoms with Gasteiger partial charge in [0.2, 0.25) is 0 Å². The van der Waals surface area contributed by atoms with E-state index < -0.39 is 10.0 Å². The molecule has 0 aromatic heterocycles. The molecule has 0 saturated carbocycles. The third-order valence-corrected chi connectivity index (χ3v) is 6.51. The molecule has 29 heavy (non-hydrogen) atoms. The third-order valence-electron chi connectivity index (χ3n) is 4.86. The minimum atomic E-state index is -3.73. The topological polar surface area (TPSA) is 66.5 Å². The predicted molar refractivity (Wildman–Crippen MR) is 115 cm³/mol. The Balaban J connectivity index is 1.53. The number of nitrogens with zero attached hydrogens (tertiary/aromatic N) is 1. The Morgan fingerprint density at radius 2 is 1.62 bits per heavy atom. The second kappa shape index (κ2) is 7.89. The van der Waals surface area contributed by atoms with Crippen molar-refractivity contribution in [2.24, 2.45) is 0 Å². The predicted octanol–water partition coefficient (Wildman–Crippen LogP) is 4.73. The molecule has 3 aromatic rings. The molecule has 0 spiro atoms. The molecule has 0 unspecified atom stereocenters. The Morgan fingerprint density at radius 1 is 0.931 bits per heavy atom. The van der Waals surface area contributed by atoms with E-state index in [1.807, 2.05) is 24.3 Å². The summed E-state index contributed by atoms with van der Waals surface area (Å²) in [5, 5.41) is 0.464. The molecule has 148 valence electrons. The molecule has 0 bridgehead atoms. The number of hydrogen-bond donors (Lipinski definition) is 1. The average Bonchev–Trinajstić information content (AvgIpc) is 2.73. The molecular weight excluding hydrogens is 408 g/mol. The molecule has 0 atom stereocenters. The summed E-state index contributed by atoms with van der Waals surface area (Å²) >= 11 is 5.81. The number of anilines is 2. The first-order valence-electron chi connectivity index (χ1n) is 9.22. The van der Waals surface area contributed by atoms with Crippen molar-refractivity contribution in [3.05, 3.63) is 88.9 Å². The second-order valence-corrected chi connectivity index (χ2v) is 8.94. The van der Waals surface area contributed by atoms with Gasteiger partial charge in [-0.2, -0.15) is 0 Å². The largest absolute Gasteiger partial charge is 0.308 e. The SMILES string of the molecule is O=C(c1ccc(NS(=O)(=O)c2ccc(Cl)cc2)cc1)N1CCCc2ccccc21. The summed E-state index contributed by atoms with van der Waals surface area (Å²) < 4.78 is 27.5. The molecule has 0 fully saturated rings. The van der Waals surface area contributed by atoms with Crippen molar-refractivity contribution in [2.75, 3.05) is 16.2 Å². The molecule has 3 aromatic carbocycles. The van der Waals surface area contributed by atoms with E-state index in [0.717, 1.165) is 18.5 Å². The van der Waals surface area contributed by atoms with Gasteiger partial charge in [0.05, 0.1) is 4.90 Å². The summed E-state index contributed by atoms with van der Waals surface area (Å²) in [5.74, 6) is -0.0933. The molecule has 1 N–H and O–H groups in total. The van der Waals surface area contributed by atoms with Crippen LogP contribution in [-0.2, 0) is 16.4 Å². The van der Waals surface area contributed by atoms with Crippen LogP contribution in [0.15, 0.2) is 77.7 Å². The Hall–Kier alpha value is -2.83. The van der Waals surface area contributed by atoms with Crippen molar-refractivity contribution in [2.45, 2.75) is 17.7 Å². The van der Waals surface area contributed by atoms with E-state index in [-0.39, 0.29) is 10.8 Å². The van der Waals surface area contributed by atoms with Gasteiger partial charge in [0, 0.05) is 28.5 Å². The van der Waals surface area contributed by atoms with Crippen LogP contribution in [0.1, 0.15) is 22.3 Å². The maximum atomic E-state index is 13.0. The van der Waals surface area contributed by atoms with E-state index >= 15 is 0 Å². The lowest BCUT2D eigenvalue weighted by Crippen LogP contribution is -2.35. The number of benzene rings is 3. The summed E-state index contributed by atoms with van der Waals surface area (Å²) in [7, 11) is -3.73. The zero-order chi connectivity index (χ0) is 20.4. The summed E-state index contributed by atoms with van der Waals surface area (Å²) in [5.41, 5.74) is 3.00. The van der Waals surface area contributed by atoms with Crippen LogP contribution in [0.3, 0.4) is 0 Å². The van der Waals surface area contributed by atoms with Crippen LogP contribution in [0.4, 0.5) is 11.4 Å². The number of carbonyl (C=O) groups excluding carboxylic acids is 1. The first-order chi connectivity index (χ1) is 13.9. The molecule has 1 aliphatic rings. The molecular formula is C22H19ClN2O3S. The number of nitrogens with one attached hydrogen (secondary N) is 1. The van der Waals surface area contributed by atoms with Crippen LogP contribution < -0.4 is 9.62 Å². The van der Waals surface area contributed by atoms with Crippen LogP contribution in [0.5, 0.6) is 0 Å². The fourth-order valence-corrected chi connectivity index (χ4v) is 4.59. The van der Waals surface area contributed by atoms with Crippen LogP contribution in [0.2, 0.25) is 5.02 Å². The average molecular weight is 427 g/mol. The number of halogens is 1. The van der Waals surface area contributed by atoms with Gasteiger partial charge in [0.15, 0.2) is 0 Å². The van der Waals surface area contributed by atoms with Crippen molar-refractivity contribution in [3.63, 3.8) is 0 Å². The lowest BCUT2D eigenvalue weighted by Gasteiger charge is -2.29. The number of aryl methyl sites for hydroxylation is 1. The van der Waals surface area contributed by atoms with E-state index in [1.54, 1.807) is 29.2 Å². The first-order valence-corrected chi connectivity index (χ1v) is 11.1. The monoisotopic (exact) mass is 426 g/mol. The Morgan fingerprint density at radius 3 is 2.34 bits per heavy atom. The summed E-state index contributed by atoms with van der Waals surface area (Å²) in [6.45, 7) is 0.667. The molecule has 1 heterocycles. The Kier molecular flexibility index (Phi) is 5.30. The second-order valence-electron chi connectivity index (χ2n) is 6.83. The maximum absolute atomic E-state index is 13.0. The third kappa shape index (κ3) is 4.13. The fraction of sp³-hybridized carbons (Fsp3) is 0.136. The molecule has 1 aliphatic heterocycles. The highest BCUT2D eigenvalue weighted by molar-refractivity contribution is 7.92. The fourth-order valence-electron chi connectivity index (χ4n) is 3.41. The molecule has 5 nitrogen and oxygen atoms in total. The number of sulfonamides is 1. The Bertz CT molecular complexity index is 1140. The molecule has 1 amide bonds. The van der Waals surface area contributed by atoms with Crippen LogP contribution in [0, 0.1) is 0 Å². The van der Waals surface area contributed by atoms with E-state index in [1.165, 1.54) is 29.8 Å². The zero-order valence-corrected chi connectivity index (χ0v) is 17.1. The van der Waals surface area contributed by atoms with Gasteiger partial charge in [-0.05, 0) is 73.0 Å². The van der Waals surface area contributed by atoms with Crippen LogP contribution >= 0.6 is 11.6 Å². The van der Waals surface area contributed by atoms with Crippen molar-refractivity contribution < 1.29 is 13.2 Å². The highest BCUT2D eigenvalue weighted by Gasteiger charge is 2.23. The lowest BCUT2D eigenvalue weighted by molar-refractivity contribution is 0.0985. The van der Waals surface area contributed by atoms with Crippen molar-refractivity contribution >= 4 is 38.9 Å². The van der Waals surface area contributed by atoms with Gasteiger partial charge in [-0.15, -0.1) is 0 Å². The molecule has 0 saturated heterocycles. The van der Waals surface area contributed by atoms with E-state index in [9.17, 15) is 13.2 Å². The van der Waals surface area contributed by atoms with Gasteiger partial charge in [-0.25, -0.2) is 8.42 Å². The van der Waals surface area contributed by atoms with Gasteiger partial charge in [0.25, 0.3) is 15.9 Å². The molecule has 4 rings (SSSR count). The first kappa shape index (κ1) is 19.5. The number of para-hydroxylation sites is 1. The van der Waals surface area contributed by atoms with Crippen molar-refractivity contribution in [1.82, 2.24) is 0 Å². The summed E-state index contributed by atoms with van der Waals surface area (Å²) in [6, 6.07) is 20.3. The summed E-state index contributed by atoms with van der Waals surface area (Å²) in [6.07, 6.45) is 1.88. The quantitative estimate of drug-likeness (QED) is 0.655. The van der Waals surface area contributed by atoms with E-state index in [0.29, 0.717) is 22.8 Å². The number of carbonyl (C=O) groups is 1. The molecule has 7 heteroatoms. The lowest BCUT2D eigenvalue weighted by atomic mass is 10.0. The normalized spacial score (nSPS) is 13.6. The molecule has 0 aliphatic carbocycles. The van der Waals surface area contributed by atoms with Gasteiger partial charge >= 0.3 is 0 Å². The van der Waals surface area contributed by atoms with Crippen LogP contribution in [0.25, 0.3) is 0 Å². The van der Waals surface area contributed by atoms with Gasteiger partial charge < -0.3 is 4.90 Å². The van der Waals surface area contributed by atoms with Gasteiger partial charge in [0.1, 0.15) is 0 Å². The van der Waals surface area contributed by atoms with E-state index in [4.69, 9.17) is 11.6 Å². The smallest absolute Gasteiger partial charge is 0.261 e. The summed E-state index contributed by atoms with van der Waals surface area (Å²) in [4.78, 5) is 14.9. The highest BCUT2D eigenvalue weighted by atomic mass is 35.5. The van der Waals surface area contributed by atoms with Gasteiger partial charge in [-0.3, -0.25) is 9.52 Å². The maximum Gasteiger partial charge on any atom is 0.261 e. The number of hydrogen-bond acceptors (Lipinski definition) is 3. The van der Waals surface area contributed by atoms with Crippen molar-refractivity contribution in [3.8, 4) is 0 Å². The minimum absolute atomic E-state index is 0.0933. The molecule has 0 radical (unpaired) electrons. The Labute approximate surface area is 175 Å². The number of rotatable bonds is 4. The van der Waals surface area contributed by atoms with E-state index in [2.05, 4.69) is 4.72 Å². The highest BCUT2D eigenvalue weighted by Crippen LogP contribution is 2.28. The van der Waals surface area contributed by atoms with Crippen molar-refractivity contribution in [1.29, 1.82) is 0 Å².